The minimum absolute atomic E-state index is 0.0497. The molecule has 22 heavy (non-hydrogen) atoms. The Kier molecular flexibility index (Phi) is 4.83. The Labute approximate surface area is 125 Å². The van der Waals surface area contributed by atoms with Crippen LogP contribution < -0.4 is 5.46 Å². The largest absolute Gasteiger partial charge is 0.489 e. The van der Waals surface area contributed by atoms with E-state index < -0.39 is 39.2 Å². The standard InChI is InChI=1S/C11H13BF3NO5S/c13-11(14,15)9-7-8(1-2-10(9)12(17)18)22(19,20)16-3-5-21-6-4-16/h1-2,7,17-18H,3-6H2. The van der Waals surface area contributed by atoms with Gasteiger partial charge in [0, 0.05) is 13.1 Å². The summed E-state index contributed by atoms with van der Waals surface area (Å²) in [6.45, 7) is 0.430. The van der Waals surface area contributed by atoms with E-state index in [2.05, 4.69) is 0 Å². The van der Waals surface area contributed by atoms with E-state index in [1.807, 2.05) is 0 Å². The quantitative estimate of drug-likeness (QED) is 0.719. The van der Waals surface area contributed by atoms with Crippen LogP contribution in [0.2, 0.25) is 0 Å². The number of morpholine rings is 1. The molecule has 1 aromatic rings. The van der Waals surface area contributed by atoms with Gasteiger partial charge in [-0.1, -0.05) is 6.07 Å². The van der Waals surface area contributed by atoms with Crippen LogP contribution in [0.3, 0.4) is 0 Å². The van der Waals surface area contributed by atoms with Crippen LogP contribution in [-0.4, -0.2) is 56.2 Å². The van der Waals surface area contributed by atoms with Crippen LogP contribution in [0, 0.1) is 0 Å². The second-order valence-electron chi connectivity index (χ2n) is 4.64. The highest BCUT2D eigenvalue weighted by Gasteiger charge is 2.38. The molecule has 1 aromatic carbocycles. The van der Waals surface area contributed by atoms with Crippen molar-refractivity contribution in [2.75, 3.05) is 26.3 Å². The van der Waals surface area contributed by atoms with E-state index in [0.29, 0.717) is 6.07 Å². The number of alkyl halides is 3. The highest BCUT2D eigenvalue weighted by atomic mass is 32.2. The van der Waals surface area contributed by atoms with Crippen LogP contribution >= 0.6 is 0 Å². The summed E-state index contributed by atoms with van der Waals surface area (Å²) >= 11 is 0. The average Bonchev–Trinajstić information content (AvgIpc) is 2.46. The van der Waals surface area contributed by atoms with Crippen molar-refractivity contribution in [3.8, 4) is 0 Å². The first-order valence-corrected chi connectivity index (χ1v) is 7.73. The van der Waals surface area contributed by atoms with Gasteiger partial charge in [0.2, 0.25) is 10.0 Å². The van der Waals surface area contributed by atoms with E-state index >= 15 is 0 Å². The molecular formula is C11H13BF3NO5S. The molecule has 0 unspecified atom stereocenters. The summed E-state index contributed by atoms with van der Waals surface area (Å²) in [5.41, 5.74) is -2.19. The van der Waals surface area contributed by atoms with Gasteiger partial charge in [0.15, 0.2) is 0 Å². The summed E-state index contributed by atoms with van der Waals surface area (Å²) in [4.78, 5) is -0.550. The van der Waals surface area contributed by atoms with E-state index in [0.717, 1.165) is 16.4 Å². The van der Waals surface area contributed by atoms with Crippen molar-refractivity contribution in [1.82, 2.24) is 4.31 Å². The fraction of sp³-hybridized carbons (Fsp3) is 0.455. The first-order chi connectivity index (χ1) is 10.1. The van der Waals surface area contributed by atoms with E-state index in [-0.39, 0.29) is 26.3 Å². The maximum absolute atomic E-state index is 13.0. The van der Waals surface area contributed by atoms with Crippen molar-refractivity contribution in [1.29, 1.82) is 0 Å². The summed E-state index contributed by atoms with van der Waals surface area (Å²) < 4.78 is 69.6. The van der Waals surface area contributed by atoms with Crippen LogP contribution in [0.5, 0.6) is 0 Å². The topological polar surface area (TPSA) is 87.1 Å². The molecule has 6 nitrogen and oxygen atoms in total. The van der Waals surface area contributed by atoms with Crippen LogP contribution in [-0.2, 0) is 20.9 Å². The lowest BCUT2D eigenvalue weighted by molar-refractivity contribution is -0.137. The first-order valence-electron chi connectivity index (χ1n) is 6.29. The molecule has 0 spiro atoms. The summed E-state index contributed by atoms with van der Waals surface area (Å²) in [6, 6.07) is 2.09. The van der Waals surface area contributed by atoms with Gasteiger partial charge in [-0.3, -0.25) is 0 Å². The normalized spacial score (nSPS) is 17.5. The number of ether oxygens (including phenoxy) is 1. The van der Waals surface area contributed by atoms with Crippen molar-refractivity contribution in [2.45, 2.75) is 11.1 Å². The Morgan fingerprint density at radius 1 is 1.18 bits per heavy atom. The average molecular weight is 339 g/mol. The maximum atomic E-state index is 13.0. The molecule has 0 amide bonds. The predicted octanol–water partition coefficient (Wildman–Crippen LogP) is -0.594. The Balaban J connectivity index is 2.48. The Morgan fingerprint density at radius 2 is 1.77 bits per heavy atom. The summed E-state index contributed by atoms with van der Waals surface area (Å²) in [5, 5.41) is 18.0. The highest BCUT2D eigenvalue weighted by Crippen LogP contribution is 2.30. The molecule has 0 bridgehead atoms. The molecule has 2 rings (SSSR count). The number of hydrogen-bond donors (Lipinski definition) is 2. The molecule has 1 heterocycles. The molecule has 1 fully saturated rings. The molecular weight excluding hydrogens is 326 g/mol. The van der Waals surface area contributed by atoms with Crippen molar-refractivity contribution >= 4 is 22.6 Å². The molecule has 0 aromatic heterocycles. The molecule has 0 radical (unpaired) electrons. The second kappa shape index (κ2) is 6.16. The summed E-state index contributed by atoms with van der Waals surface area (Å²) in [6.07, 6.45) is -4.91. The highest BCUT2D eigenvalue weighted by molar-refractivity contribution is 7.89. The molecule has 122 valence electrons. The zero-order valence-electron chi connectivity index (χ0n) is 11.2. The zero-order chi connectivity index (χ0) is 16.5. The monoisotopic (exact) mass is 339 g/mol. The molecule has 11 heteroatoms. The van der Waals surface area contributed by atoms with Gasteiger partial charge in [0.05, 0.1) is 23.7 Å². The molecule has 0 atom stereocenters. The third kappa shape index (κ3) is 3.44. The van der Waals surface area contributed by atoms with Crippen molar-refractivity contribution in [2.24, 2.45) is 0 Å². The van der Waals surface area contributed by atoms with Gasteiger partial charge < -0.3 is 14.8 Å². The molecule has 1 aliphatic heterocycles. The van der Waals surface area contributed by atoms with Gasteiger partial charge >= 0.3 is 13.3 Å². The van der Waals surface area contributed by atoms with Gasteiger partial charge in [0.25, 0.3) is 0 Å². The number of sulfonamides is 1. The minimum Gasteiger partial charge on any atom is -0.423 e. The lowest BCUT2D eigenvalue weighted by atomic mass is 9.77. The number of nitrogens with zero attached hydrogens (tertiary/aromatic N) is 1. The van der Waals surface area contributed by atoms with Gasteiger partial charge in [-0.25, -0.2) is 8.42 Å². The van der Waals surface area contributed by atoms with Gasteiger partial charge in [-0.15, -0.1) is 0 Å². The number of hydrogen-bond acceptors (Lipinski definition) is 5. The number of benzene rings is 1. The molecule has 1 saturated heterocycles. The molecule has 1 aliphatic rings. The smallest absolute Gasteiger partial charge is 0.423 e. The minimum atomic E-state index is -4.91. The third-order valence-electron chi connectivity index (χ3n) is 3.22. The zero-order valence-corrected chi connectivity index (χ0v) is 12.1. The fourth-order valence-corrected chi connectivity index (χ4v) is 3.54. The number of rotatable bonds is 3. The number of halogens is 3. The fourth-order valence-electron chi connectivity index (χ4n) is 2.10. The second-order valence-corrected chi connectivity index (χ2v) is 6.57. The molecule has 2 N–H and O–H groups in total. The van der Waals surface area contributed by atoms with E-state index in [9.17, 15) is 21.6 Å². The van der Waals surface area contributed by atoms with Crippen molar-refractivity contribution in [3.63, 3.8) is 0 Å². The van der Waals surface area contributed by atoms with Gasteiger partial charge in [0.1, 0.15) is 0 Å². The lowest BCUT2D eigenvalue weighted by Gasteiger charge is -2.26. The van der Waals surface area contributed by atoms with Crippen molar-refractivity contribution in [3.05, 3.63) is 23.8 Å². The van der Waals surface area contributed by atoms with Crippen LogP contribution in [0.15, 0.2) is 23.1 Å². The van der Waals surface area contributed by atoms with Crippen LogP contribution in [0.1, 0.15) is 5.56 Å². The Morgan fingerprint density at radius 3 is 2.27 bits per heavy atom. The summed E-state index contributed by atoms with van der Waals surface area (Å²) in [7, 11) is -6.45. The lowest BCUT2D eigenvalue weighted by Crippen LogP contribution is -2.41. The predicted molar refractivity (Wildman–Crippen MR) is 70.8 cm³/mol. The summed E-state index contributed by atoms with van der Waals surface area (Å²) in [5.74, 6) is 0. The molecule has 0 saturated carbocycles. The first kappa shape index (κ1) is 17.2. The maximum Gasteiger partial charge on any atom is 0.489 e. The Bertz CT molecular complexity index is 644. The van der Waals surface area contributed by atoms with Gasteiger partial charge in [-0.05, 0) is 17.6 Å². The van der Waals surface area contributed by atoms with Crippen LogP contribution in [0.25, 0.3) is 0 Å². The van der Waals surface area contributed by atoms with E-state index in [1.165, 1.54) is 0 Å². The Hall–Kier alpha value is -1.14. The van der Waals surface area contributed by atoms with Crippen molar-refractivity contribution < 1.29 is 36.4 Å². The SMILES string of the molecule is O=S(=O)(c1ccc(B(O)O)c(C(F)(F)F)c1)N1CCOCC1. The van der Waals surface area contributed by atoms with E-state index in [4.69, 9.17) is 14.8 Å². The van der Waals surface area contributed by atoms with E-state index in [1.54, 1.807) is 0 Å². The third-order valence-corrected chi connectivity index (χ3v) is 5.11. The molecule has 0 aliphatic carbocycles. The van der Waals surface area contributed by atoms with Crippen LogP contribution in [0.4, 0.5) is 13.2 Å². The van der Waals surface area contributed by atoms with Gasteiger partial charge in [-0.2, -0.15) is 17.5 Å².